The molecule has 4 aromatic heterocycles. The van der Waals surface area contributed by atoms with Crippen molar-refractivity contribution in [3.8, 4) is 17.1 Å². The average Bonchev–Trinajstić information content (AvgIpc) is 3.23. The standard InChI is InChI=1S/C24H19ClN6OS/c1-15-8-11-30-21(12-15)27-18(13-22(30)32)14-33-24-29-28-23(17-6-9-26-10-7-17)31(24)20-5-3-4-19(25)16(20)2/h3-13H,14H2,1-2H3. The van der Waals surface area contributed by atoms with E-state index < -0.39 is 0 Å². The van der Waals surface area contributed by atoms with E-state index in [1.54, 1.807) is 29.1 Å². The summed E-state index contributed by atoms with van der Waals surface area (Å²) in [6.07, 6.45) is 5.19. The molecule has 0 amide bonds. The molecular weight excluding hydrogens is 456 g/mol. The van der Waals surface area contributed by atoms with Crippen molar-refractivity contribution >= 4 is 29.0 Å². The number of halogens is 1. The van der Waals surface area contributed by atoms with E-state index in [9.17, 15) is 4.79 Å². The first-order chi connectivity index (χ1) is 16.0. The monoisotopic (exact) mass is 474 g/mol. The van der Waals surface area contributed by atoms with E-state index >= 15 is 0 Å². The molecule has 5 rings (SSSR count). The van der Waals surface area contributed by atoms with E-state index in [4.69, 9.17) is 11.6 Å². The molecule has 0 aliphatic rings. The van der Waals surface area contributed by atoms with Gasteiger partial charge in [-0.3, -0.25) is 18.7 Å². The lowest BCUT2D eigenvalue weighted by atomic mass is 10.2. The molecule has 33 heavy (non-hydrogen) atoms. The third kappa shape index (κ3) is 4.15. The molecule has 0 fully saturated rings. The Bertz CT molecular complexity index is 1530. The number of hydrogen-bond acceptors (Lipinski definition) is 6. The summed E-state index contributed by atoms with van der Waals surface area (Å²) in [5.74, 6) is 1.15. The van der Waals surface area contributed by atoms with Gasteiger partial charge in [-0.05, 0) is 61.4 Å². The number of nitrogens with zero attached hydrogens (tertiary/aromatic N) is 6. The molecule has 164 valence electrons. The fourth-order valence-electron chi connectivity index (χ4n) is 3.57. The first kappa shape index (κ1) is 21.4. The molecule has 0 aliphatic carbocycles. The summed E-state index contributed by atoms with van der Waals surface area (Å²) in [5.41, 5.74) is 4.95. The number of pyridine rings is 2. The van der Waals surface area contributed by atoms with Crippen molar-refractivity contribution in [3.63, 3.8) is 0 Å². The first-order valence-electron chi connectivity index (χ1n) is 10.2. The highest BCUT2D eigenvalue weighted by Gasteiger charge is 2.19. The molecule has 0 saturated heterocycles. The van der Waals surface area contributed by atoms with Gasteiger partial charge in [0.15, 0.2) is 11.0 Å². The van der Waals surface area contributed by atoms with Crippen LogP contribution in [0.1, 0.15) is 16.8 Å². The number of fused-ring (bicyclic) bond motifs is 1. The smallest absolute Gasteiger partial charge is 0.258 e. The molecular formula is C24H19ClN6OS. The van der Waals surface area contributed by atoms with Crippen molar-refractivity contribution in [1.82, 2.24) is 29.1 Å². The maximum absolute atomic E-state index is 12.5. The van der Waals surface area contributed by atoms with Gasteiger partial charge in [0.25, 0.3) is 5.56 Å². The minimum atomic E-state index is -0.111. The zero-order valence-corrected chi connectivity index (χ0v) is 19.5. The Morgan fingerprint density at radius 1 is 1.03 bits per heavy atom. The second-order valence-electron chi connectivity index (χ2n) is 7.57. The van der Waals surface area contributed by atoms with Gasteiger partial charge in [0.05, 0.1) is 11.4 Å². The average molecular weight is 475 g/mol. The van der Waals surface area contributed by atoms with Crippen LogP contribution in [0.15, 0.2) is 77.1 Å². The number of thioether (sulfide) groups is 1. The molecule has 9 heteroatoms. The fraction of sp³-hybridized carbons (Fsp3) is 0.125. The van der Waals surface area contributed by atoms with Crippen LogP contribution in [0.5, 0.6) is 0 Å². The lowest BCUT2D eigenvalue weighted by molar-refractivity contribution is 0.879. The Morgan fingerprint density at radius 3 is 2.67 bits per heavy atom. The highest BCUT2D eigenvalue weighted by Crippen LogP contribution is 2.32. The Morgan fingerprint density at radius 2 is 1.85 bits per heavy atom. The summed E-state index contributed by atoms with van der Waals surface area (Å²) >= 11 is 7.89. The third-order valence-electron chi connectivity index (χ3n) is 5.28. The van der Waals surface area contributed by atoms with Gasteiger partial charge in [-0.2, -0.15) is 0 Å². The number of hydrogen-bond donors (Lipinski definition) is 0. The number of benzene rings is 1. The van der Waals surface area contributed by atoms with Crippen molar-refractivity contribution in [1.29, 1.82) is 0 Å². The molecule has 5 aromatic rings. The lowest BCUT2D eigenvalue weighted by Gasteiger charge is -2.14. The number of aromatic nitrogens is 6. The molecule has 0 saturated carbocycles. The Labute approximate surface area is 199 Å². The molecule has 0 bridgehead atoms. The van der Waals surface area contributed by atoms with Gasteiger partial charge < -0.3 is 0 Å². The van der Waals surface area contributed by atoms with E-state index in [2.05, 4.69) is 20.2 Å². The van der Waals surface area contributed by atoms with E-state index in [0.717, 1.165) is 22.4 Å². The van der Waals surface area contributed by atoms with Crippen LogP contribution < -0.4 is 5.56 Å². The summed E-state index contributed by atoms with van der Waals surface area (Å²) in [5, 5.41) is 10.3. The predicted octanol–water partition coefficient (Wildman–Crippen LogP) is 4.90. The predicted molar refractivity (Wildman–Crippen MR) is 130 cm³/mol. The maximum Gasteiger partial charge on any atom is 0.258 e. The van der Waals surface area contributed by atoms with Crippen LogP contribution in [0, 0.1) is 13.8 Å². The Balaban J connectivity index is 1.56. The first-order valence-corrected chi connectivity index (χ1v) is 11.6. The van der Waals surface area contributed by atoms with Crippen LogP contribution in [-0.2, 0) is 5.75 Å². The van der Waals surface area contributed by atoms with Crippen molar-refractivity contribution in [2.45, 2.75) is 24.8 Å². The van der Waals surface area contributed by atoms with Gasteiger partial charge in [0.2, 0.25) is 0 Å². The molecule has 0 spiro atoms. The summed E-state index contributed by atoms with van der Waals surface area (Å²) in [6, 6.07) is 14.9. The largest absolute Gasteiger partial charge is 0.270 e. The second-order valence-corrected chi connectivity index (χ2v) is 8.92. The molecule has 0 radical (unpaired) electrons. The maximum atomic E-state index is 12.5. The topological polar surface area (TPSA) is 78.0 Å². The highest BCUT2D eigenvalue weighted by molar-refractivity contribution is 7.98. The molecule has 0 unspecified atom stereocenters. The molecule has 0 aliphatic heterocycles. The minimum Gasteiger partial charge on any atom is -0.270 e. The molecule has 7 nitrogen and oxygen atoms in total. The number of aryl methyl sites for hydroxylation is 1. The van der Waals surface area contributed by atoms with Crippen LogP contribution >= 0.6 is 23.4 Å². The quantitative estimate of drug-likeness (QED) is 0.337. The molecule has 1 aromatic carbocycles. The molecule has 4 heterocycles. The normalized spacial score (nSPS) is 11.2. The summed E-state index contributed by atoms with van der Waals surface area (Å²) < 4.78 is 3.53. The van der Waals surface area contributed by atoms with E-state index in [1.165, 1.54) is 11.8 Å². The SMILES string of the molecule is Cc1ccn2c(=O)cc(CSc3nnc(-c4ccncc4)n3-c3cccc(Cl)c3C)nc2c1. The van der Waals surface area contributed by atoms with Crippen molar-refractivity contribution in [2.75, 3.05) is 0 Å². The zero-order chi connectivity index (χ0) is 22.9. The van der Waals surface area contributed by atoms with Gasteiger partial charge in [-0.25, -0.2) is 4.98 Å². The van der Waals surface area contributed by atoms with Crippen molar-refractivity contribution in [2.24, 2.45) is 0 Å². The van der Waals surface area contributed by atoms with Crippen molar-refractivity contribution < 1.29 is 0 Å². The van der Waals surface area contributed by atoms with Crippen LogP contribution in [0.3, 0.4) is 0 Å². The number of rotatable bonds is 5. The van der Waals surface area contributed by atoms with Gasteiger partial charge in [0, 0.05) is 41.0 Å². The summed E-state index contributed by atoms with van der Waals surface area (Å²) in [6.45, 7) is 3.95. The zero-order valence-electron chi connectivity index (χ0n) is 17.9. The Kier molecular flexibility index (Phi) is 5.70. The van der Waals surface area contributed by atoms with E-state index in [-0.39, 0.29) is 5.56 Å². The fourth-order valence-corrected chi connectivity index (χ4v) is 4.58. The second kappa shape index (κ2) is 8.80. The summed E-state index contributed by atoms with van der Waals surface area (Å²) in [4.78, 5) is 21.3. The summed E-state index contributed by atoms with van der Waals surface area (Å²) in [7, 11) is 0. The van der Waals surface area contributed by atoms with Crippen LogP contribution in [0.2, 0.25) is 5.02 Å². The Hall–Kier alpha value is -3.49. The van der Waals surface area contributed by atoms with E-state index in [0.29, 0.717) is 33.1 Å². The highest BCUT2D eigenvalue weighted by atomic mass is 35.5. The van der Waals surface area contributed by atoms with Gasteiger partial charge >= 0.3 is 0 Å². The molecule has 0 atom stereocenters. The lowest BCUT2D eigenvalue weighted by Crippen LogP contribution is -2.15. The van der Waals surface area contributed by atoms with E-state index in [1.807, 2.05) is 60.9 Å². The van der Waals surface area contributed by atoms with Crippen LogP contribution in [0.25, 0.3) is 22.7 Å². The van der Waals surface area contributed by atoms with Gasteiger partial charge in [0.1, 0.15) is 5.65 Å². The van der Waals surface area contributed by atoms with Crippen LogP contribution in [0.4, 0.5) is 0 Å². The van der Waals surface area contributed by atoms with Crippen LogP contribution in [-0.4, -0.2) is 29.1 Å². The molecule has 0 N–H and O–H groups in total. The van der Waals surface area contributed by atoms with Crippen molar-refractivity contribution in [3.05, 3.63) is 99.3 Å². The third-order valence-corrected chi connectivity index (χ3v) is 6.65. The van der Waals surface area contributed by atoms with Gasteiger partial charge in [-0.15, -0.1) is 10.2 Å². The minimum absolute atomic E-state index is 0.111. The van der Waals surface area contributed by atoms with Gasteiger partial charge in [-0.1, -0.05) is 29.4 Å².